The van der Waals surface area contributed by atoms with E-state index in [9.17, 15) is 0 Å². The van der Waals surface area contributed by atoms with E-state index < -0.39 is 0 Å². The molecule has 7 heteroatoms. The van der Waals surface area contributed by atoms with Crippen LogP contribution in [0.2, 0.25) is 0 Å². The number of aromatic nitrogens is 4. The van der Waals surface area contributed by atoms with Crippen LogP contribution in [-0.2, 0) is 0 Å². The summed E-state index contributed by atoms with van der Waals surface area (Å²) >= 11 is 0. The van der Waals surface area contributed by atoms with Gasteiger partial charge in [0.25, 0.3) is 0 Å². The van der Waals surface area contributed by atoms with Crippen molar-refractivity contribution in [1.82, 2.24) is 19.5 Å². The van der Waals surface area contributed by atoms with Gasteiger partial charge in [0.1, 0.15) is 0 Å². The highest BCUT2D eigenvalue weighted by Gasteiger charge is 2.30. The predicted octanol–water partition coefficient (Wildman–Crippen LogP) is 2.69. The molecule has 2 heterocycles. The first kappa shape index (κ1) is 16.6. The molecule has 4 rings (SSSR count). The van der Waals surface area contributed by atoms with Crippen LogP contribution in [0, 0.1) is 0 Å². The summed E-state index contributed by atoms with van der Waals surface area (Å²) in [6.45, 7) is 4.31. The molecule has 2 aromatic rings. The quantitative estimate of drug-likeness (QED) is 0.868. The lowest BCUT2D eigenvalue weighted by Gasteiger charge is -2.27. The largest absolute Gasteiger partial charge is 0.355 e. The molecule has 2 aromatic heterocycles. The highest BCUT2D eigenvalue weighted by molar-refractivity contribution is 5.85. The number of fused-ring (bicyclic) bond motifs is 1. The van der Waals surface area contributed by atoms with Crippen LogP contribution in [0.15, 0.2) is 6.33 Å². The second kappa shape index (κ2) is 6.44. The van der Waals surface area contributed by atoms with Crippen LogP contribution in [0.1, 0.15) is 58.4 Å². The third-order valence-electron chi connectivity index (χ3n) is 5.49. The van der Waals surface area contributed by atoms with E-state index in [0.717, 1.165) is 48.6 Å². The Labute approximate surface area is 149 Å². The van der Waals surface area contributed by atoms with Gasteiger partial charge in [-0.1, -0.05) is 0 Å². The maximum atomic E-state index is 6.03. The molecule has 0 spiro atoms. The lowest BCUT2D eigenvalue weighted by molar-refractivity contribution is 0.410. The van der Waals surface area contributed by atoms with E-state index in [0.29, 0.717) is 24.2 Å². The van der Waals surface area contributed by atoms with Crippen molar-refractivity contribution in [3.8, 4) is 0 Å². The van der Waals surface area contributed by atoms with Crippen LogP contribution >= 0.6 is 0 Å². The summed E-state index contributed by atoms with van der Waals surface area (Å²) in [5.74, 6) is 1.67. The van der Waals surface area contributed by atoms with Crippen LogP contribution in [0.4, 0.5) is 11.8 Å². The first-order valence-electron chi connectivity index (χ1n) is 9.52. The standard InChI is InChI=1S/C18H29N7/c1-11(2)25-10-20-15-16(24(3)14-8-9-14)22-18(23-17(15)25)21-13-6-4-12(19)5-7-13/h10-14H,4-9,19H2,1-3H3,(H,21,22,23)/t12-,13-. The molecule has 0 bridgehead atoms. The second-order valence-electron chi connectivity index (χ2n) is 7.89. The van der Waals surface area contributed by atoms with E-state index in [1.165, 1.54) is 12.8 Å². The Balaban J connectivity index is 1.69. The molecule has 7 nitrogen and oxygen atoms in total. The summed E-state index contributed by atoms with van der Waals surface area (Å²) < 4.78 is 2.13. The first-order chi connectivity index (χ1) is 12.0. The smallest absolute Gasteiger partial charge is 0.227 e. The maximum absolute atomic E-state index is 6.03. The number of nitrogens with two attached hydrogens (primary N) is 1. The molecule has 0 aliphatic heterocycles. The molecule has 136 valence electrons. The number of nitrogens with zero attached hydrogens (tertiary/aromatic N) is 5. The number of imidazole rings is 1. The van der Waals surface area contributed by atoms with Crippen LogP contribution in [0.5, 0.6) is 0 Å². The molecule has 0 unspecified atom stereocenters. The fraction of sp³-hybridized carbons (Fsp3) is 0.722. The minimum Gasteiger partial charge on any atom is -0.355 e. The molecule has 2 aliphatic carbocycles. The molecule has 3 N–H and O–H groups in total. The van der Waals surface area contributed by atoms with Gasteiger partial charge in [0.2, 0.25) is 5.95 Å². The number of anilines is 2. The highest BCUT2D eigenvalue weighted by Crippen LogP contribution is 2.34. The average Bonchev–Trinajstić information content (AvgIpc) is 3.35. The van der Waals surface area contributed by atoms with Gasteiger partial charge in [-0.3, -0.25) is 0 Å². The van der Waals surface area contributed by atoms with E-state index in [4.69, 9.17) is 15.7 Å². The summed E-state index contributed by atoms with van der Waals surface area (Å²) in [6.07, 6.45) is 8.65. The lowest BCUT2D eigenvalue weighted by Crippen LogP contribution is -2.33. The maximum Gasteiger partial charge on any atom is 0.227 e. The van der Waals surface area contributed by atoms with Crippen LogP contribution in [0.25, 0.3) is 11.2 Å². The van der Waals surface area contributed by atoms with Gasteiger partial charge >= 0.3 is 0 Å². The number of rotatable bonds is 5. The summed E-state index contributed by atoms with van der Waals surface area (Å²) in [5, 5.41) is 3.56. The Morgan fingerprint density at radius 3 is 2.52 bits per heavy atom. The van der Waals surface area contributed by atoms with Gasteiger partial charge in [0.05, 0.1) is 6.33 Å². The number of hydrogen-bond donors (Lipinski definition) is 2. The van der Waals surface area contributed by atoms with E-state index in [1.807, 2.05) is 6.33 Å². The van der Waals surface area contributed by atoms with Gasteiger partial charge < -0.3 is 20.5 Å². The van der Waals surface area contributed by atoms with Crippen molar-refractivity contribution in [2.45, 2.75) is 76.5 Å². The van der Waals surface area contributed by atoms with Gasteiger partial charge in [-0.25, -0.2) is 4.98 Å². The Morgan fingerprint density at radius 2 is 1.88 bits per heavy atom. The van der Waals surface area contributed by atoms with E-state index in [2.05, 4.69) is 40.7 Å². The van der Waals surface area contributed by atoms with E-state index >= 15 is 0 Å². The van der Waals surface area contributed by atoms with E-state index in [1.54, 1.807) is 0 Å². The Morgan fingerprint density at radius 1 is 1.16 bits per heavy atom. The van der Waals surface area contributed by atoms with E-state index in [-0.39, 0.29) is 0 Å². The molecule has 0 amide bonds. The zero-order valence-electron chi connectivity index (χ0n) is 15.4. The first-order valence-corrected chi connectivity index (χ1v) is 9.52. The fourth-order valence-corrected chi connectivity index (χ4v) is 3.67. The fourth-order valence-electron chi connectivity index (χ4n) is 3.67. The summed E-state index contributed by atoms with van der Waals surface area (Å²) in [7, 11) is 2.12. The molecule has 0 aromatic carbocycles. The summed E-state index contributed by atoms with van der Waals surface area (Å²) in [4.78, 5) is 16.5. The monoisotopic (exact) mass is 343 g/mol. The molecule has 2 aliphatic rings. The molecule has 0 atom stereocenters. The van der Waals surface area contributed by atoms with Crippen molar-refractivity contribution < 1.29 is 0 Å². The van der Waals surface area contributed by atoms with Gasteiger partial charge in [0, 0.05) is 31.2 Å². The van der Waals surface area contributed by atoms with Crippen molar-refractivity contribution in [2.75, 3.05) is 17.3 Å². The number of nitrogens with one attached hydrogen (secondary N) is 1. The van der Waals surface area contributed by atoms with Crippen LogP contribution < -0.4 is 16.0 Å². The molecular formula is C18H29N7. The topological polar surface area (TPSA) is 84.9 Å². The van der Waals surface area contributed by atoms with Crippen molar-refractivity contribution in [2.24, 2.45) is 5.73 Å². The SMILES string of the molecule is CC(C)n1cnc2c(N(C)C3CC3)nc(N[C@H]3CC[C@H](N)CC3)nc21. The Bertz CT molecular complexity index is 741. The summed E-state index contributed by atoms with van der Waals surface area (Å²) in [5.41, 5.74) is 7.85. The van der Waals surface area contributed by atoms with Gasteiger partial charge in [-0.05, 0) is 52.4 Å². The highest BCUT2D eigenvalue weighted by atomic mass is 15.3. The minimum atomic E-state index is 0.319. The molecule has 0 radical (unpaired) electrons. The van der Waals surface area contributed by atoms with Crippen LogP contribution in [-0.4, -0.2) is 44.7 Å². The van der Waals surface area contributed by atoms with Crippen molar-refractivity contribution in [1.29, 1.82) is 0 Å². The lowest BCUT2D eigenvalue weighted by atomic mass is 9.92. The molecular weight excluding hydrogens is 314 g/mol. The van der Waals surface area contributed by atoms with Gasteiger partial charge in [-0.2, -0.15) is 9.97 Å². The zero-order chi connectivity index (χ0) is 17.6. The van der Waals surface area contributed by atoms with Gasteiger partial charge in [0.15, 0.2) is 17.0 Å². The molecule has 2 saturated carbocycles. The predicted molar refractivity (Wildman–Crippen MR) is 101 cm³/mol. The van der Waals surface area contributed by atoms with Crippen molar-refractivity contribution in [3.05, 3.63) is 6.33 Å². The Kier molecular flexibility index (Phi) is 4.27. The molecule has 0 saturated heterocycles. The molecule has 2 fully saturated rings. The van der Waals surface area contributed by atoms with Crippen LogP contribution in [0.3, 0.4) is 0 Å². The van der Waals surface area contributed by atoms with Crippen molar-refractivity contribution >= 4 is 22.9 Å². The number of hydrogen-bond acceptors (Lipinski definition) is 6. The summed E-state index contributed by atoms with van der Waals surface area (Å²) in [6, 6.07) is 1.66. The third-order valence-corrected chi connectivity index (χ3v) is 5.49. The van der Waals surface area contributed by atoms with Gasteiger partial charge in [-0.15, -0.1) is 0 Å². The average molecular weight is 343 g/mol. The Hall–Kier alpha value is -1.89. The molecule has 25 heavy (non-hydrogen) atoms. The zero-order valence-corrected chi connectivity index (χ0v) is 15.4. The normalized spacial score (nSPS) is 24.0. The minimum absolute atomic E-state index is 0.319. The second-order valence-corrected chi connectivity index (χ2v) is 7.89. The third kappa shape index (κ3) is 3.29. The van der Waals surface area contributed by atoms with Crippen molar-refractivity contribution in [3.63, 3.8) is 0 Å².